The lowest BCUT2D eigenvalue weighted by atomic mass is 9.93. The Hall–Kier alpha value is -0.570. The summed E-state index contributed by atoms with van der Waals surface area (Å²) in [5.41, 5.74) is 0. The van der Waals surface area contributed by atoms with E-state index in [2.05, 4.69) is 18.9 Å². The van der Waals surface area contributed by atoms with Gasteiger partial charge in [0.15, 0.2) is 0 Å². The van der Waals surface area contributed by atoms with Gasteiger partial charge in [-0.25, -0.2) is 0 Å². The highest BCUT2D eigenvalue weighted by molar-refractivity contribution is 5.66. The molecule has 1 saturated carbocycles. The molecule has 0 aliphatic heterocycles. The van der Waals surface area contributed by atoms with Crippen LogP contribution >= 0.6 is 0 Å². The van der Waals surface area contributed by atoms with Gasteiger partial charge in [0.25, 0.3) is 0 Å². The summed E-state index contributed by atoms with van der Waals surface area (Å²) in [6.07, 6.45) is 7.66. The molecule has 88 valence electrons. The Morgan fingerprint density at radius 1 is 1.40 bits per heavy atom. The van der Waals surface area contributed by atoms with Crippen LogP contribution in [0.3, 0.4) is 0 Å². The molecule has 15 heavy (non-hydrogen) atoms. The molecule has 1 fully saturated rings. The second-order valence-electron chi connectivity index (χ2n) is 4.74. The zero-order valence-corrected chi connectivity index (χ0v) is 9.91. The van der Waals surface area contributed by atoms with Crippen LogP contribution < -0.4 is 0 Å². The summed E-state index contributed by atoms with van der Waals surface area (Å²) in [7, 11) is 2.14. The molecule has 3 nitrogen and oxygen atoms in total. The van der Waals surface area contributed by atoms with Crippen LogP contribution in [0.4, 0.5) is 0 Å². The summed E-state index contributed by atoms with van der Waals surface area (Å²) >= 11 is 0. The Morgan fingerprint density at radius 2 is 2.00 bits per heavy atom. The SMILES string of the molecule is CC(CCC(=O)O)N(C)C1CCCCC1. The smallest absolute Gasteiger partial charge is 0.303 e. The van der Waals surface area contributed by atoms with Gasteiger partial charge in [0, 0.05) is 18.5 Å². The Balaban J connectivity index is 2.30. The first-order chi connectivity index (χ1) is 7.11. The highest BCUT2D eigenvalue weighted by Crippen LogP contribution is 2.23. The number of carbonyl (C=O) groups is 1. The molecular formula is C12H23NO2. The van der Waals surface area contributed by atoms with E-state index in [0.29, 0.717) is 12.1 Å². The number of hydrogen-bond donors (Lipinski definition) is 1. The normalized spacial score (nSPS) is 20.5. The summed E-state index contributed by atoms with van der Waals surface area (Å²) in [6.45, 7) is 2.14. The minimum absolute atomic E-state index is 0.290. The molecule has 1 N–H and O–H groups in total. The fourth-order valence-electron chi connectivity index (χ4n) is 2.38. The minimum atomic E-state index is -0.682. The molecule has 0 heterocycles. The standard InChI is InChI=1S/C12H23NO2/c1-10(8-9-12(14)15)13(2)11-6-4-3-5-7-11/h10-11H,3-9H2,1-2H3,(H,14,15). The molecule has 1 atom stereocenters. The second-order valence-corrected chi connectivity index (χ2v) is 4.74. The zero-order chi connectivity index (χ0) is 11.3. The van der Waals surface area contributed by atoms with Crippen molar-refractivity contribution in [3.8, 4) is 0 Å². The molecule has 0 aromatic heterocycles. The van der Waals surface area contributed by atoms with Crippen LogP contribution in [0.15, 0.2) is 0 Å². The molecule has 1 unspecified atom stereocenters. The highest BCUT2D eigenvalue weighted by Gasteiger charge is 2.21. The van der Waals surface area contributed by atoms with Crippen LogP contribution in [0.5, 0.6) is 0 Å². The van der Waals surface area contributed by atoms with E-state index in [4.69, 9.17) is 5.11 Å². The number of carboxylic acid groups (broad SMARTS) is 1. The van der Waals surface area contributed by atoms with Crippen LogP contribution in [-0.4, -0.2) is 35.1 Å². The quantitative estimate of drug-likeness (QED) is 0.763. The minimum Gasteiger partial charge on any atom is -0.481 e. The molecule has 0 aromatic rings. The van der Waals surface area contributed by atoms with E-state index in [0.717, 1.165) is 6.42 Å². The number of hydrogen-bond acceptors (Lipinski definition) is 2. The van der Waals surface area contributed by atoms with Gasteiger partial charge in [0.1, 0.15) is 0 Å². The maximum absolute atomic E-state index is 10.5. The van der Waals surface area contributed by atoms with Gasteiger partial charge >= 0.3 is 5.97 Å². The van der Waals surface area contributed by atoms with E-state index in [1.54, 1.807) is 0 Å². The predicted octanol–water partition coefficient (Wildman–Crippen LogP) is 2.50. The Kier molecular flexibility index (Phi) is 5.09. The van der Waals surface area contributed by atoms with Gasteiger partial charge in [-0.15, -0.1) is 0 Å². The van der Waals surface area contributed by atoms with Crippen molar-refractivity contribution in [1.82, 2.24) is 4.90 Å². The molecule has 0 radical (unpaired) electrons. The number of rotatable bonds is 5. The second kappa shape index (κ2) is 6.11. The fraction of sp³-hybridized carbons (Fsp3) is 0.917. The van der Waals surface area contributed by atoms with Crippen molar-refractivity contribution in [3.63, 3.8) is 0 Å². The van der Waals surface area contributed by atoms with Crippen molar-refractivity contribution < 1.29 is 9.90 Å². The number of aliphatic carboxylic acids is 1. The first-order valence-corrected chi connectivity index (χ1v) is 6.05. The van der Waals surface area contributed by atoms with E-state index in [-0.39, 0.29) is 6.42 Å². The zero-order valence-electron chi connectivity index (χ0n) is 9.91. The maximum Gasteiger partial charge on any atom is 0.303 e. The molecule has 3 heteroatoms. The average Bonchev–Trinajstić information content (AvgIpc) is 2.26. The Labute approximate surface area is 92.5 Å². The number of carboxylic acids is 1. The molecule has 1 rings (SSSR count). The van der Waals surface area contributed by atoms with E-state index in [9.17, 15) is 4.79 Å². The summed E-state index contributed by atoms with van der Waals surface area (Å²) in [5.74, 6) is -0.682. The predicted molar refractivity (Wildman–Crippen MR) is 61.0 cm³/mol. The van der Waals surface area contributed by atoms with Gasteiger partial charge < -0.3 is 10.0 Å². The van der Waals surface area contributed by atoms with Gasteiger partial charge in [-0.05, 0) is 33.2 Å². The number of nitrogens with zero attached hydrogens (tertiary/aromatic N) is 1. The van der Waals surface area contributed by atoms with Crippen LogP contribution in [0.1, 0.15) is 51.9 Å². The van der Waals surface area contributed by atoms with Crippen molar-refractivity contribution in [2.45, 2.75) is 64.0 Å². The Morgan fingerprint density at radius 3 is 2.53 bits per heavy atom. The van der Waals surface area contributed by atoms with E-state index in [1.807, 2.05) is 0 Å². The van der Waals surface area contributed by atoms with Gasteiger partial charge in [0.05, 0.1) is 0 Å². The summed E-state index contributed by atoms with van der Waals surface area (Å²) in [6, 6.07) is 1.08. The molecule has 0 saturated heterocycles. The first kappa shape index (κ1) is 12.5. The third-order valence-electron chi connectivity index (χ3n) is 3.62. The van der Waals surface area contributed by atoms with E-state index >= 15 is 0 Å². The topological polar surface area (TPSA) is 40.5 Å². The lowest BCUT2D eigenvalue weighted by Gasteiger charge is -2.35. The summed E-state index contributed by atoms with van der Waals surface area (Å²) < 4.78 is 0. The maximum atomic E-state index is 10.5. The van der Waals surface area contributed by atoms with Gasteiger partial charge in [-0.3, -0.25) is 4.79 Å². The lowest BCUT2D eigenvalue weighted by molar-refractivity contribution is -0.137. The molecule has 0 amide bonds. The summed E-state index contributed by atoms with van der Waals surface area (Å²) in [4.78, 5) is 12.9. The Bertz CT molecular complexity index is 200. The monoisotopic (exact) mass is 213 g/mol. The van der Waals surface area contributed by atoms with Gasteiger partial charge in [0.2, 0.25) is 0 Å². The van der Waals surface area contributed by atoms with E-state index in [1.165, 1.54) is 32.1 Å². The fourth-order valence-corrected chi connectivity index (χ4v) is 2.38. The molecular weight excluding hydrogens is 190 g/mol. The van der Waals surface area contributed by atoms with E-state index < -0.39 is 5.97 Å². The molecule has 0 bridgehead atoms. The van der Waals surface area contributed by atoms with Crippen molar-refractivity contribution >= 4 is 5.97 Å². The molecule has 1 aliphatic carbocycles. The van der Waals surface area contributed by atoms with Crippen molar-refractivity contribution in [2.24, 2.45) is 0 Å². The summed E-state index contributed by atoms with van der Waals surface area (Å²) in [5, 5.41) is 8.64. The highest BCUT2D eigenvalue weighted by atomic mass is 16.4. The van der Waals surface area contributed by atoms with Crippen molar-refractivity contribution in [2.75, 3.05) is 7.05 Å². The van der Waals surface area contributed by atoms with Crippen LogP contribution in [-0.2, 0) is 4.79 Å². The van der Waals surface area contributed by atoms with Crippen LogP contribution in [0.25, 0.3) is 0 Å². The van der Waals surface area contributed by atoms with Gasteiger partial charge in [-0.1, -0.05) is 19.3 Å². The first-order valence-electron chi connectivity index (χ1n) is 6.05. The third kappa shape index (κ3) is 4.20. The van der Waals surface area contributed by atoms with Crippen LogP contribution in [0.2, 0.25) is 0 Å². The van der Waals surface area contributed by atoms with Crippen molar-refractivity contribution in [3.05, 3.63) is 0 Å². The third-order valence-corrected chi connectivity index (χ3v) is 3.62. The lowest BCUT2D eigenvalue weighted by Crippen LogP contribution is -2.40. The van der Waals surface area contributed by atoms with Crippen LogP contribution in [0, 0.1) is 0 Å². The molecule has 0 aromatic carbocycles. The molecule has 1 aliphatic rings. The van der Waals surface area contributed by atoms with Gasteiger partial charge in [-0.2, -0.15) is 0 Å². The largest absolute Gasteiger partial charge is 0.481 e. The molecule has 0 spiro atoms. The van der Waals surface area contributed by atoms with Crippen molar-refractivity contribution in [1.29, 1.82) is 0 Å². The average molecular weight is 213 g/mol.